The Morgan fingerprint density at radius 2 is 2.03 bits per heavy atom. The van der Waals surface area contributed by atoms with Crippen LogP contribution in [0.4, 0.5) is 0 Å². The molecule has 0 radical (unpaired) electrons. The largest absolute Gasteiger partial charge is 0.462 e. The zero-order valence-electron chi connectivity index (χ0n) is 16.0. The van der Waals surface area contributed by atoms with E-state index in [9.17, 15) is 9.59 Å². The van der Waals surface area contributed by atoms with Crippen molar-refractivity contribution in [3.8, 4) is 11.4 Å². The standard InChI is InChI=1S/C20H20N4O5/c1-3-17(25)27-9-10-28-18(26)8-7-16-12-21-19(23-16)14-5-4-6-15(11-14)20-22-13(2)29-24-20/h3-6,11H,1,7-10,12H2,2H3. The molecule has 9 heteroatoms. The van der Waals surface area contributed by atoms with E-state index >= 15 is 0 Å². The Hall–Kier alpha value is -3.62. The third-order valence-corrected chi connectivity index (χ3v) is 3.96. The number of carbonyl (C=O) groups is 2. The summed E-state index contributed by atoms with van der Waals surface area (Å²) in [5.41, 5.74) is 2.45. The topological polar surface area (TPSA) is 116 Å². The average molecular weight is 396 g/mol. The molecule has 1 aliphatic rings. The van der Waals surface area contributed by atoms with Crippen LogP contribution in [0, 0.1) is 6.92 Å². The van der Waals surface area contributed by atoms with Crippen LogP contribution in [0.3, 0.4) is 0 Å². The summed E-state index contributed by atoms with van der Waals surface area (Å²) in [6.07, 6.45) is 1.68. The number of nitrogens with zero attached hydrogens (tertiary/aromatic N) is 4. The molecule has 0 fully saturated rings. The molecule has 1 aliphatic heterocycles. The van der Waals surface area contributed by atoms with Crippen LogP contribution in [0.25, 0.3) is 11.4 Å². The predicted octanol–water partition coefficient (Wildman–Crippen LogP) is 2.30. The van der Waals surface area contributed by atoms with Gasteiger partial charge in [0, 0.05) is 29.8 Å². The number of aryl methyl sites for hydroxylation is 1. The monoisotopic (exact) mass is 396 g/mol. The number of carbonyl (C=O) groups excluding carboxylic acids is 2. The van der Waals surface area contributed by atoms with Gasteiger partial charge >= 0.3 is 11.9 Å². The van der Waals surface area contributed by atoms with Crippen molar-refractivity contribution in [2.45, 2.75) is 19.8 Å². The molecule has 1 aromatic carbocycles. The number of aromatic nitrogens is 2. The normalized spacial score (nSPS) is 12.9. The van der Waals surface area contributed by atoms with E-state index in [2.05, 4.69) is 26.7 Å². The summed E-state index contributed by atoms with van der Waals surface area (Å²) < 4.78 is 14.8. The second kappa shape index (κ2) is 9.54. The second-order valence-corrected chi connectivity index (χ2v) is 6.13. The van der Waals surface area contributed by atoms with E-state index in [0.29, 0.717) is 30.5 Å². The molecule has 9 nitrogen and oxygen atoms in total. The van der Waals surface area contributed by atoms with E-state index in [1.807, 2.05) is 24.3 Å². The zero-order chi connectivity index (χ0) is 20.6. The molecular weight excluding hydrogens is 376 g/mol. The molecule has 0 saturated carbocycles. The Morgan fingerprint density at radius 3 is 2.79 bits per heavy atom. The van der Waals surface area contributed by atoms with Gasteiger partial charge in [-0.05, 0) is 12.5 Å². The molecule has 150 valence electrons. The maximum absolute atomic E-state index is 11.8. The van der Waals surface area contributed by atoms with Gasteiger partial charge in [0.25, 0.3) is 0 Å². The molecule has 1 aromatic heterocycles. The third-order valence-electron chi connectivity index (χ3n) is 3.96. The van der Waals surface area contributed by atoms with Gasteiger partial charge in [0.1, 0.15) is 13.2 Å². The minimum absolute atomic E-state index is 0.00103. The number of hydrogen-bond acceptors (Lipinski definition) is 9. The van der Waals surface area contributed by atoms with Crippen molar-refractivity contribution in [1.29, 1.82) is 0 Å². The first-order valence-electron chi connectivity index (χ1n) is 9.02. The van der Waals surface area contributed by atoms with Gasteiger partial charge in [0.2, 0.25) is 11.7 Å². The third kappa shape index (κ3) is 5.68. The highest BCUT2D eigenvalue weighted by Gasteiger charge is 2.15. The summed E-state index contributed by atoms with van der Waals surface area (Å²) in [4.78, 5) is 35.8. The van der Waals surface area contributed by atoms with Crippen LogP contribution >= 0.6 is 0 Å². The lowest BCUT2D eigenvalue weighted by atomic mass is 10.1. The van der Waals surface area contributed by atoms with E-state index < -0.39 is 5.97 Å². The smallest absolute Gasteiger partial charge is 0.330 e. The first-order chi connectivity index (χ1) is 14.0. The average Bonchev–Trinajstić information content (AvgIpc) is 3.39. The number of rotatable bonds is 9. The van der Waals surface area contributed by atoms with Crippen LogP contribution < -0.4 is 0 Å². The van der Waals surface area contributed by atoms with Crippen LogP contribution in [-0.4, -0.2) is 53.4 Å². The van der Waals surface area contributed by atoms with Crippen molar-refractivity contribution < 1.29 is 23.6 Å². The van der Waals surface area contributed by atoms with E-state index in [4.69, 9.17) is 14.0 Å². The Bertz CT molecular complexity index is 977. The molecule has 2 heterocycles. The molecule has 0 amide bonds. The molecule has 0 atom stereocenters. The minimum Gasteiger partial charge on any atom is -0.462 e. The summed E-state index contributed by atoms with van der Waals surface area (Å²) in [7, 11) is 0. The molecule has 0 aliphatic carbocycles. The molecule has 0 saturated heterocycles. The van der Waals surface area contributed by atoms with Gasteiger partial charge in [-0.3, -0.25) is 9.79 Å². The lowest BCUT2D eigenvalue weighted by Gasteiger charge is -2.05. The number of aliphatic imine (C=N–C) groups is 2. The van der Waals surface area contributed by atoms with Gasteiger partial charge in [-0.1, -0.05) is 29.9 Å². The van der Waals surface area contributed by atoms with Crippen molar-refractivity contribution in [2.75, 3.05) is 19.8 Å². The fraction of sp³-hybridized carbons (Fsp3) is 0.300. The lowest BCUT2D eigenvalue weighted by Crippen LogP contribution is -2.14. The minimum atomic E-state index is -0.551. The Labute approximate surface area is 167 Å². The highest BCUT2D eigenvalue weighted by atomic mass is 16.6. The Balaban J connectivity index is 1.49. The van der Waals surface area contributed by atoms with Gasteiger partial charge < -0.3 is 14.0 Å². The van der Waals surface area contributed by atoms with Crippen molar-refractivity contribution in [2.24, 2.45) is 9.98 Å². The molecule has 2 aromatic rings. The molecular formula is C20H20N4O5. The van der Waals surface area contributed by atoms with Gasteiger partial charge in [-0.15, -0.1) is 0 Å². The second-order valence-electron chi connectivity index (χ2n) is 6.13. The van der Waals surface area contributed by atoms with Crippen molar-refractivity contribution >= 4 is 23.5 Å². The number of amidine groups is 1. The van der Waals surface area contributed by atoms with E-state index in [-0.39, 0.29) is 25.6 Å². The quantitative estimate of drug-likeness (QED) is 0.363. The molecule has 0 unspecified atom stereocenters. The summed E-state index contributed by atoms with van der Waals surface area (Å²) in [5, 5.41) is 3.92. The zero-order valence-corrected chi connectivity index (χ0v) is 16.0. The van der Waals surface area contributed by atoms with Gasteiger partial charge in [0.05, 0.1) is 13.0 Å². The molecule has 29 heavy (non-hydrogen) atoms. The highest BCUT2D eigenvalue weighted by Crippen LogP contribution is 2.19. The van der Waals surface area contributed by atoms with E-state index in [0.717, 1.165) is 22.9 Å². The van der Waals surface area contributed by atoms with Gasteiger partial charge in [-0.2, -0.15) is 4.98 Å². The van der Waals surface area contributed by atoms with Gasteiger partial charge in [0.15, 0.2) is 5.84 Å². The summed E-state index contributed by atoms with van der Waals surface area (Å²) >= 11 is 0. The SMILES string of the molecule is C=CC(=O)OCCOC(=O)CCC1=NC(c2cccc(-c3noc(C)n3)c2)=NC1. The molecule has 0 bridgehead atoms. The number of ether oxygens (including phenoxy) is 2. The van der Waals surface area contributed by atoms with Crippen LogP contribution in [0.1, 0.15) is 24.3 Å². The lowest BCUT2D eigenvalue weighted by molar-refractivity contribution is -0.149. The fourth-order valence-electron chi connectivity index (χ4n) is 2.57. The first kappa shape index (κ1) is 20.1. The van der Waals surface area contributed by atoms with Crippen LogP contribution in [-0.2, 0) is 19.1 Å². The van der Waals surface area contributed by atoms with Crippen molar-refractivity contribution in [3.63, 3.8) is 0 Å². The maximum atomic E-state index is 11.8. The Kier molecular flexibility index (Phi) is 6.62. The van der Waals surface area contributed by atoms with Gasteiger partial charge in [-0.25, -0.2) is 9.79 Å². The number of hydrogen-bond donors (Lipinski definition) is 0. The fourth-order valence-corrected chi connectivity index (χ4v) is 2.57. The maximum Gasteiger partial charge on any atom is 0.330 e. The summed E-state index contributed by atoms with van der Waals surface area (Å²) in [6.45, 7) is 5.46. The van der Waals surface area contributed by atoms with E-state index in [1.54, 1.807) is 6.92 Å². The van der Waals surface area contributed by atoms with Crippen LogP contribution in [0.15, 0.2) is 51.4 Å². The molecule has 0 N–H and O–H groups in total. The summed E-state index contributed by atoms with van der Waals surface area (Å²) in [6, 6.07) is 7.56. The van der Waals surface area contributed by atoms with Crippen LogP contribution in [0.5, 0.6) is 0 Å². The molecule has 3 rings (SSSR count). The highest BCUT2D eigenvalue weighted by molar-refractivity contribution is 6.12. The molecule has 0 spiro atoms. The van der Waals surface area contributed by atoms with Crippen molar-refractivity contribution in [1.82, 2.24) is 10.1 Å². The number of esters is 2. The summed E-state index contributed by atoms with van der Waals surface area (Å²) in [5.74, 6) is 0.671. The predicted molar refractivity (Wildman–Crippen MR) is 105 cm³/mol. The first-order valence-corrected chi connectivity index (χ1v) is 9.02. The number of benzene rings is 1. The van der Waals surface area contributed by atoms with E-state index in [1.165, 1.54) is 0 Å². The van der Waals surface area contributed by atoms with Crippen LogP contribution in [0.2, 0.25) is 0 Å². The Morgan fingerprint density at radius 1 is 1.24 bits per heavy atom. The van der Waals surface area contributed by atoms with Crippen molar-refractivity contribution in [3.05, 3.63) is 48.4 Å².